The van der Waals surface area contributed by atoms with Gasteiger partial charge in [0.2, 0.25) is 0 Å². The van der Waals surface area contributed by atoms with E-state index < -0.39 is 0 Å². The molecule has 1 aliphatic rings. The lowest BCUT2D eigenvalue weighted by atomic mass is 10.6. The van der Waals surface area contributed by atoms with Crippen molar-refractivity contribution in [2.75, 3.05) is 6.61 Å². The van der Waals surface area contributed by atoms with Crippen LogP contribution in [0.1, 0.15) is 0 Å². The van der Waals surface area contributed by atoms with E-state index in [0.29, 0.717) is 0 Å². The maximum Gasteiger partial charge on any atom is 0.169 e. The van der Waals surface area contributed by atoms with Crippen molar-refractivity contribution in [2.24, 2.45) is 0 Å². The van der Waals surface area contributed by atoms with Crippen LogP contribution in [0.3, 0.4) is 0 Å². The van der Waals surface area contributed by atoms with Gasteiger partial charge in [-0.2, -0.15) is 4.89 Å². The minimum atomic E-state index is 0.134. The number of rotatable bonds is 0. The van der Waals surface area contributed by atoms with Crippen LogP contribution in [0.5, 0.6) is 0 Å². The topological polar surface area (TPSA) is 38.7 Å². The molecule has 0 aromatic heterocycles. The highest BCUT2D eigenvalue weighted by molar-refractivity contribution is 4.85. The third-order valence-corrected chi connectivity index (χ3v) is 0.459. The molecule has 1 N–H and O–H groups in total. The molecule has 0 saturated heterocycles. The van der Waals surface area contributed by atoms with Crippen molar-refractivity contribution in [1.29, 1.82) is 0 Å². The Bertz CT molecular complexity index is 76.1. The first-order valence-electron chi connectivity index (χ1n) is 1.56. The Kier molecular flexibility index (Phi) is 0.686. The van der Waals surface area contributed by atoms with Gasteiger partial charge >= 0.3 is 0 Å². The van der Waals surface area contributed by atoms with Crippen molar-refractivity contribution >= 4 is 0 Å². The molecule has 0 atom stereocenters. The van der Waals surface area contributed by atoms with Gasteiger partial charge in [-0.25, -0.2) is 0 Å². The summed E-state index contributed by atoms with van der Waals surface area (Å²) in [5.41, 5.74) is 0. The zero-order valence-corrected chi connectivity index (χ0v) is 3.05. The van der Waals surface area contributed by atoms with Gasteiger partial charge in [0.25, 0.3) is 0 Å². The number of hydrogen-bond acceptors (Lipinski definition) is 3. The minimum Gasteiger partial charge on any atom is -0.507 e. The fourth-order valence-electron chi connectivity index (χ4n) is 0.218. The average Bonchev–Trinajstić information content (AvgIpc) is 1.86. The maximum atomic E-state index is 8.34. The van der Waals surface area contributed by atoms with Crippen LogP contribution in [0.15, 0.2) is 12.0 Å². The van der Waals surface area contributed by atoms with E-state index in [0.717, 1.165) is 6.26 Å². The fraction of sp³-hybridized carbons (Fsp3) is 0.333. The van der Waals surface area contributed by atoms with Gasteiger partial charge in [-0.1, -0.05) is 0 Å². The minimum absolute atomic E-state index is 0.134. The van der Waals surface area contributed by atoms with Crippen molar-refractivity contribution in [3.63, 3.8) is 0 Å². The molecule has 3 heteroatoms. The van der Waals surface area contributed by atoms with E-state index in [4.69, 9.17) is 5.11 Å². The van der Waals surface area contributed by atoms with E-state index in [-0.39, 0.29) is 12.4 Å². The van der Waals surface area contributed by atoms with Crippen molar-refractivity contribution in [3.05, 3.63) is 12.0 Å². The summed E-state index contributed by atoms with van der Waals surface area (Å²) in [6, 6.07) is 0. The average molecular weight is 88.1 g/mol. The van der Waals surface area contributed by atoms with Crippen molar-refractivity contribution in [1.82, 2.24) is 0 Å². The molecular weight excluding hydrogens is 84.0 g/mol. The maximum absolute atomic E-state index is 8.34. The molecule has 1 rings (SSSR count). The Labute approximate surface area is 34.7 Å². The first-order valence-corrected chi connectivity index (χ1v) is 1.56. The monoisotopic (exact) mass is 88.0 g/mol. The van der Waals surface area contributed by atoms with Crippen LogP contribution in [-0.4, -0.2) is 11.7 Å². The normalized spacial score (nSPS) is 19.7. The highest BCUT2D eigenvalue weighted by Gasteiger charge is 2.00. The van der Waals surface area contributed by atoms with Gasteiger partial charge in [-0.05, 0) is 0 Å². The van der Waals surface area contributed by atoms with Crippen LogP contribution < -0.4 is 0 Å². The van der Waals surface area contributed by atoms with Crippen LogP contribution in [0.2, 0.25) is 0 Å². The second kappa shape index (κ2) is 1.18. The van der Waals surface area contributed by atoms with Crippen LogP contribution in [0, 0.1) is 0 Å². The smallest absolute Gasteiger partial charge is 0.169 e. The predicted molar refractivity (Wildman–Crippen MR) is 17.7 cm³/mol. The van der Waals surface area contributed by atoms with Gasteiger partial charge in [-0.3, -0.25) is 0 Å². The molecule has 0 unspecified atom stereocenters. The van der Waals surface area contributed by atoms with Crippen LogP contribution in [0.25, 0.3) is 0 Å². The first-order chi connectivity index (χ1) is 2.89. The molecule has 0 amide bonds. The number of aliphatic hydroxyl groups excluding tert-OH is 1. The molecular formula is C3H4O3. The number of aliphatic hydroxyl groups is 1. The van der Waals surface area contributed by atoms with E-state index in [1.54, 1.807) is 0 Å². The third-order valence-electron chi connectivity index (χ3n) is 0.459. The Morgan fingerprint density at radius 2 is 2.67 bits per heavy atom. The molecule has 34 valence electrons. The van der Waals surface area contributed by atoms with Gasteiger partial charge in [0.05, 0.1) is 0 Å². The SMILES string of the molecule is OC1=COOC1. The van der Waals surface area contributed by atoms with E-state index in [1.165, 1.54) is 0 Å². The lowest BCUT2D eigenvalue weighted by molar-refractivity contribution is -0.222. The summed E-state index contributed by atoms with van der Waals surface area (Å²) in [5.74, 6) is 0.134. The third kappa shape index (κ3) is 0.440. The van der Waals surface area contributed by atoms with Gasteiger partial charge in [0.1, 0.15) is 0 Å². The summed E-state index contributed by atoms with van der Waals surface area (Å²) in [5, 5.41) is 8.34. The zero-order chi connectivity index (χ0) is 4.41. The molecule has 0 saturated carbocycles. The molecule has 0 fully saturated rings. The molecule has 0 aliphatic carbocycles. The molecule has 1 aliphatic heterocycles. The Balaban J connectivity index is 2.45. The summed E-state index contributed by atoms with van der Waals surface area (Å²) in [4.78, 5) is 8.36. The summed E-state index contributed by atoms with van der Waals surface area (Å²) in [6.07, 6.45) is 1.15. The Morgan fingerprint density at radius 3 is 2.83 bits per heavy atom. The highest BCUT2D eigenvalue weighted by Crippen LogP contribution is 1.98. The Morgan fingerprint density at radius 1 is 1.83 bits per heavy atom. The van der Waals surface area contributed by atoms with Crippen molar-refractivity contribution in [3.8, 4) is 0 Å². The number of hydrogen-bond donors (Lipinski definition) is 1. The Hall–Kier alpha value is -0.700. The summed E-state index contributed by atoms with van der Waals surface area (Å²) in [6.45, 7) is 0.181. The standard InChI is InChI=1S/C3H4O3/c4-3-1-5-6-2-3/h1,4H,2H2. The molecule has 0 aromatic carbocycles. The zero-order valence-electron chi connectivity index (χ0n) is 3.05. The highest BCUT2D eigenvalue weighted by atomic mass is 17.2. The van der Waals surface area contributed by atoms with E-state index in [2.05, 4.69) is 9.78 Å². The quantitative estimate of drug-likeness (QED) is 0.434. The van der Waals surface area contributed by atoms with Crippen LogP contribution >= 0.6 is 0 Å². The molecule has 0 radical (unpaired) electrons. The van der Waals surface area contributed by atoms with Gasteiger partial charge in [0.15, 0.2) is 18.6 Å². The van der Waals surface area contributed by atoms with E-state index in [1.807, 2.05) is 0 Å². The second-order valence-electron chi connectivity index (χ2n) is 0.968. The predicted octanol–water partition coefficient (Wildman–Crippen LogP) is 0.348. The largest absolute Gasteiger partial charge is 0.507 e. The molecule has 3 nitrogen and oxygen atoms in total. The summed E-state index contributed by atoms with van der Waals surface area (Å²) < 4.78 is 0. The van der Waals surface area contributed by atoms with E-state index >= 15 is 0 Å². The van der Waals surface area contributed by atoms with Gasteiger partial charge in [-0.15, -0.1) is 0 Å². The summed E-state index contributed by atoms with van der Waals surface area (Å²) >= 11 is 0. The van der Waals surface area contributed by atoms with E-state index in [9.17, 15) is 0 Å². The van der Waals surface area contributed by atoms with Gasteiger partial charge in [0, 0.05) is 0 Å². The lowest BCUT2D eigenvalue weighted by Crippen LogP contribution is -1.82. The fourth-order valence-corrected chi connectivity index (χ4v) is 0.218. The lowest BCUT2D eigenvalue weighted by Gasteiger charge is -1.80. The molecule has 0 aromatic rings. The van der Waals surface area contributed by atoms with Crippen molar-refractivity contribution < 1.29 is 14.9 Å². The summed E-state index contributed by atoms with van der Waals surface area (Å²) in [7, 11) is 0. The first kappa shape index (κ1) is 3.49. The van der Waals surface area contributed by atoms with Crippen LogP contribution in [-0.2, 0) is 9.78 Å². The van der Waals surface area contributed by atoms with Crippen molar-refractivity contribution in [2.45, 2.75) is 0 Å². The van der Waals surface area contributed by atoms with Crippen LogP contribution in [0.4, 0.5) is 0 Å². The molecule has 6 heavy (non-hydrogen) atoms. The van der Waals surface area contributed by atoms with Gasteiger partial charge < -0.3 is 9.99 Å². The molecule has 0 bridgehead atoms. The molecule has 0 spiro atoms. The second-order valence-corrected chi connectivity index (χ2v) is 0.968. The molecule has 1 heterocycles.